The second-order valence-electron chi connectivity index (χ2n) is 11.9. The van der Waals surface area contributed by atoms with Gasteiger partial charge in [0.15, 0.2) is 0 Å². The van der Waals surface area contributed by atoms with Gasteiger partial charge in [-0.15, -0.1) is 0 Å². The van der Waals surface area contributed by atoms with Crippen molar-refractivity contribution in [3.05, 3.63) is 59.3 Å². The molecule has 0 aromatic rings. The maximum Gasteiger partial charge on any atom is 0.307 e. The van der Waals surface area contributed by atoms with Gasteiger partial charge in [-0.05, 0) is 77.8 Å². The SMILES string of the molecule is CC(C)[C@@H](C)/C=C/[C@@H](C)[C@H]1CC[C@H]2C3=CC=C4C=C(CC(=O)O)C=C[C@]4(C)[C@H]3CC[C@]12C. The number of allylic oxidation sites excluding steroid dienone is 9. The van der Waals surface area contributed by atoms with Crippen molar-refractivity contribution < 1.29 is 9.90 Å². The highest BCUT2D eigenvalue weighted by Crippen LogP contribution is 2.65. The van der Waals surface area contributed by atoms with Crippen molar-refractivity contribution >= 4 is 5.97 Å². The van der Waals surface area contributed by atoms with Crippen molar-refractivity contribution in [1.29, 1.82) is 0 Å². The van der Waals surface area contributed by atoms with E-state index >= 15 is 0 Å². The Labute approximate surface area is 195 Å². The van der Waals surface area contributed by atoms with E-state index in [1.807, 2.05) is 0 Å². The molecule has 2 heteroatoms. The summed E-state index contributed by atoms with van der Waals surface area (Å²) in [5.41, 5.74) is 4.26. The van der Waals surface area contributed by atoms with Crippen LogP contribution in [0.2, 0.25) is 0 Å². The van der Waals surface area contributed by atoms with Crippen molar-refractivity contribution in [3.8, 4) is 0 Å². The fourth-order valence-corrected chi connectivity index (χ4v) is 7.28. The second-order valence-corrected chi connectivity index (χ2v) is 11.9. The molecule has 2 fully saturated rings. The summed E-state index contributed by atoms with van der Waals surface area (Å²) in [6.45, 7) is 14.3. The average molecular weight is 435 g/mol. The Morgan fingerprint density at radius 3 is 2.53 bits per heavy atom. The molecule has 174 valence electrons. The highest BCUT2D eigenvalue weighted by molar-refractivity contribution is 5.72. The quantitative estimate of drug-likeness (QED) is 0.434. The molecule has 0 aromatic carbocycles. The molecule has 0 bridgehead atoms. The van der Waals surface area contributed by atoms with Crippen LogP contribution in [0.25, 0.3) is 0 Å². The second kappa shape index (κ2) is 8.50. The summed E-state index contributed by atoms with van der Waals surface area (Å²) in [6.07, 6.45) is 21.5. The number of fused-ring (bicyclic) bond motifs is 5. The molecule has 0 amide bonds. The van der Waals surface area contributed by atoms with Gasteiger partial charge in [-0.2, -0.15) is 0 Å². The van der Waals surface area contributed by atoms with Gasteiger partial charge >= 0.3 is 5.97 Å². The fourth-order valence-electron chi connectivity index (χ4n) is 7.28. The molecule has 4 rings (SSSR count). The maximum absolute atomic E-state index is 11.2. The van der Waals surface area contributed by atoms with Crippen LogP contribution in [0.15, 0.2) is 59.3 Å². The molecule has 2 saturated carbocycles. The van der Waals surface area contributed by atoms with Gasteiger partial charge in [-0.3, -0.25) is 4.79 Å². The molecule has 4 aliphatic rings. The standard InChI is InChI=1S/C30H42O2/c1-19(2)20(3)7-8-21(4)25-11-12-26-24-10-9-23-17-22(18-28(31)32)13-15-29(23,5)27(24)14-16-30(25,26)6/h7-10,13,15,17,19-21,25-27H,11-12,14,16,18H2,1-6H3,(H,31,32)/b8-7+/t20-,21+,25+,26-,27-,29-,30+/m0/s1. The smallest absolute Gasteiger partial charge is 0.307 e. The van der Waals surface area contributed by atoms with E-state index in [1.165, 1.54) is 31.3 Å². The van der Waals surface area contributed by atoms with Crippen LogP contribution in [0.5, 0.6) is 0 Å². The zero-order valence-corrected chi connectivity index (χ0v) is 20.9. The lowest BCUT2D eigenvalue weighted by atomic mass is 9.51. The van der Waals surface area contributed by atoms with Crippen LogP contribution >= 0.6 is 0 Å². The number of carbonyl (C=O) groups is 1. The van der Waals surface area contributed by atoms with Crippen LogP contribution in [-0.2, 0) is 4.79 Å². The van der Waals surface area contributed by atoms with E-state index in [-0.39, 0.29) is 11.8 Å². The lowest BCUT2D eigenvalue weighted by Gasteiger charge is -2.53. The highest BCUT2D eigenvalue weighted by Gasteiger charge is 2.56. The van der Waals surface area contributed by atoms with Gasteiger partial charge < -0.3 is 5.11 Å². The number of aliphatic carboxylic acids is 1. The summed E-state index contributed by atoms with van der Waals surface area (Å²) < 4.78 is 0. The van der Waals surface area contributed by atoms with Gasteiger partial charge in [-0.1, -0.05) is 89.6 Å². The largest absolute Gasteiger partial charge is 0.481 e. The van der Waals surface area contributed by atoms with Crippen molar-refractivity contribution in [2.45, 2.75) is 73.6 Å². The fraction of sp³-hybridized carbons (Fsp3) is 0.633. The van der Waals surface area contributed by atoms with Gasteiger partial charge in [0.05, 0.1) is 6.42 Å². The Balaban J connectivity index is 1.58. The van der Waals surface area contributed by atoms with E-state index < -0.39 is 5.97 Å². The summed E-state index contributed by atoms with van der Waals surface area (Å²) in [6, 6.07) is 0. The number of hydrogen-bond acceptors (Lipinski definition) is 1. The van der Waals surface area contributed by atoms with Gasteiger partial charge in [0, 0.05) is 5.41 Å². The molecule has 32 heavy (non-hydrogen) atoms. The van der Waals surface area contributed by atoms with Crippen molar-refractivity contribution in [1.82, 2.24) is 0 Å². The molecule has 0 unspecified atom stereocenters. The molecule has 1 N–H and O–H groups in total. The zero-order chi connectivity index (χ0) is 23.3. The number of carboxylic acid groups (broad SMARTS) is 1. The predicted octanol–water partition coefficient (Wildman–Crippen LogP) is 7.76. The van der Waals surface area contributed by atoms with E-state index in [0.29, 0.717) is 35.0 Å². The van der Waals surface area contributed by atoms with E-state index in [0.717, 1.165) is 11.5 Å². The Bertz CT molecular complexity index is 913. The number of carboxylic acids is 1. The third kappa shape index (κ3) is 3.88. The first-order chi connectivity index (χ1) is 15.1. The van der Waals surface area contributed by atoms with Crippen LogP contribution in [0.1, 0.15) is 73.6 Å². The highest BCUT2D eigenvalue weighted by atomic mass is 16.4. The number of hydrogen-bond donors (Lipinski definition) is 1. The average Bonchev–Trinajstić information content (AvgIpc) is 3.08. The molecular formula is C30H42O2. The topological polar surface area (TPSA) is 37.3 Å². The first-order valence-corrected chi connectivity index (χ1v) is 12.8. The van der Waals surface area contributed by atoms with Crippen molar-refractivity contribution in [2.24, 2.45) is 46.3 Å². The zero-order valence-electron chi connectivity index (χ0n) is 20.9. The summed E-state index contributed by atoms with van der Waals surface area (Å²) in [5, 5.41) is 9.20. The maximum atomic E-state index is 11.2. The van der Waals surface area contributed by atoms with Crippen LogP contribution in [-0.4, -0.2) is 11.1 Å². The molecule has 0 heterocycles. The van der Waals surface area contributed by atoms with Gasteiger partial charge in [0.1, 0.15) is 0 Å². The minimum absolute atomic E-state index is 0.00369. The minimum atomic E-state index is -0.756. The van der Waals surface area contributed by atoms with Crippen LogP contribution in [0.3, 0.4) is 0 Å². The molecular weight excluding hydrogens is 392 g/mol. The van der Waals surface area contributed by atoms with Crippen molar-refractivity contribution in [3.63, 3.8) is 0 Å². The first kappa shape index (κ1) is 23.3. The Morgan fingerprint density at radius 2 is 1.84 bits per heavy atom. The summed E-state index contributed by atoms with van der Waals surface area (Å²) in [7, 11) is 0. The molecule has 0 radical (unpaired) electrons. The van der Waals surface area contributed by atoms with E-state index in [4.69, 9.17) is 0 Å². The molecule has 0 aliphatic heterocycles. The third-order valence-electron chi connectivity index (χ3n) is 9.73. The Morgan fingerprint density at radius 1 is 1.09 bits per heavy atom. The summed E-state index contributed by atoms with van der Waals surface area (Å²) >= 11 is 0. The van der Waals surface area contributed by atoms with E-state index in [2.05, 4.69) is 84.1 Å². The first-order valence-electron chi connectivity index (χ1n) is 12.8. The Hall–Kier alpha value is -1.83. The van der Waals surface area contributed by atoms with Crippen molar-refractivity contribution in [2.75, 3.05) is 0 Å². The molecule has 2 nitrogen and oxygen atoms in total. The normalized spacial score (nSPS) is 37.8. The predicted molar refractivity (Wildman–Crippen MR) is 133 cm³/mol. The minimum Gasteiger partial charge on any atom is -0.481 e. The van der Waals surface area contributed by atoms with Crippen LogP contribution in [0.4, 0.5) is 0 Å². The lowest BCUT2D eigenvalue weighted by molar-refractivity contribution is -0.136. The summed E-state index contributed by atoms with van der Waals surface area (Å²) in [4.78, 5) is 11.2. The lowest BCUT2D eigenvalue weighted by Crippen LogP contribution is -2.44. The number of rotatable bonds is 6. The van der Waals surface area contributed by atoms with Gasteiger partial charge in [-0.25, -0.2) is 0 Å². The molecule has 0 aromatic heterocycles. The van der Waals surface area contributed by atoms with Gasteiger partial charge in [0.2, 0.25) is 0 Å². The Kier molecular flexibility index (Phi) is 6.20. The molecule has 0 spiro atoms. The molecule has 0 saturated heterocycles. The third-order valence-corrected chi connectivity index (χ3v) is 9.73. The molecule has 4 aliphatic carbocycles. The monoisotopic (exact) mass is 434 g/mol. The van der Waals surface area contributed by atoms with E-state index in [9.17, 15) is 9.90 Å². The van der Waals surface area contributed by atoms with Crippen LogP contribution in [0, 0.1) is 46.3 Å². The van der Waals surface area contributed by atoms with Crippen LogP contribution < -0.4 is 0 Å². The summed E-state index contributed by atoms with van der Waals surface area (Å²) in [5.74, 6) is 3.19. The molecule has 7 atom stereocenters. The van der Waals surface area contributed by atoms with Gasteiger partial charge in [0.25, 0.3) is 0 Å². The van der Waals surface area contributed by atoms with E-state index in [1.54, 1.807) is 5.57 Å².